The van der Waals surface area contributed by atoms with Crippen LogP contribution in [0.2, 0.25) is 0 Å². The number of para-hydroxylation sites is 2. The van der Waals surface area contributed by atoms with Gasteiger partial charge in [0.2, 0.25) is 0 Å². The second kappa shape index (κ2) is 10.4. The zero-order valence-corrected chi connectivity index (χ0v) is 20.9. The molecule has 0 N–H and O–H groups in total. The van der Waals surface area contributed by atoms with Gasteiger partial charge in [-0.15, -0.1) is 0 Å². The fourth-order valence-electron chi connectivity index (χ4n) is 4.78. The lowest BCUT2D eigenvalue weighted by atomic mass is 10.0. The molecule has 184 valence electrons. The van der Waals surface area contributed by atoms with Gasteiger partial charge in [0.25, 0.3) is 5.91 Å². The molecule has 0 aromatic heterocycles. The van der Waals surface area contributed by atoms with Crippen LogP contribution in [0.1, 0.15) is 18.1 Å². The Morgan fingerprint density at radius 1 is 0.944 bits per heavy atom. The van der Waals surface area contributed by atoms with Crippen molar-refractivity contribution >= 4 is 28.8 Å². The Morgan fingerprint density at radius 2 is 1.61 bits per heavy atom. The van der Waals surface area contributed by atoms with Crippen molar-refractivity contribution in [2.24, 2.45) is 4.99 Å². The van der Waals surface area contributed by atoms with Crippen LogP contribution < -0.4 is 9.64 Å². The van der Waals surface area contributed by atoms with Crippen molar-refractivity contribution in [2.75, 3.05) is 37.7 Å². The zero-order chi connectivity index (χ0) is 25.1. The quantitative estimate of drug-likeness (QED) is 0.491. The minimum atomic E-state index is 0.0183. The summed E-state index contributed by atoms with van der Waals surface area (Å²) < 4.78 is 5.67. The monoisotopic (exact) mass is 480 g/mol. The molecule has 5 rings (SSSR count). The lowest BCUT2D eigenvalue weighted by Gasteiger charge is -2.42. The Labute approximate surface area is 213 Å². The Morgan fingerprint density at radius 3 is 2.33 bits per heavy atom. The second-order valence-electron chi connectivity index (χ2n) is 9.30. The third-order valence-corrected chi connectivity index (χ3v) is 6.94. The number of amides is 1. The summed E-state index contributed by atoms with van der Waals surface area (Å²) in [5.41, 5.74) is 5.18. The summed E-state index contributed by atoms with van der Waals surface area (Å²) in [7, 11) is 0. The van der Waals surface area contributed by atoms with E-state index in [0.29, 0.717) is 18.8 Å². The van der Waals surface area contributed by atoms with Gasteiger partial charge in [-0.2, -0.15) is 0 Å². The maximum Gasteiger partial charge on any atom is 0.260 e. The number of aryl methyl sites for hydroxylation is 1. The highest BCUT2D eigenvalue weighted by Crippen LogP contribution is 2.37. The van der Waals surface area contributed by atoms with Gasteiger partial charge in [-0.05, 0) is 44.2 Å². The summed E-state index contributed by atoms with van der Waals surface area (Å²) >= 11 is 0. The van der Waals surface area contributed by atoms with Crippen LogP contribution in [0, 0.1) is 6.92 Å². The molecule has 3 aromatic carbocycles. The maximum atomic E-state index is 12.7. The first kappa shape index (κ1) is 23.8. The van der Waals surface area contributed by atoms with E-state index in [1.54, 1.807) is 0 Å². The lowest BCUT2D eigenvalue weighted by Crippen LogP contribution is -2.56. The molecule has 0 radical (unpaired) electrons. The van der Waals surface area contributed by atoms with Crippen LogP contribution in [0.5, 0.6) is 5.75 Å². The molecule has 0 bridgehead atoms. The SMILES string of the molecule is C=C1c2ccccc2N=C(C(C)N2CCN(C(=O)COc3ccccc3)CC2)N1c1ccc(C)cc1. The molecule has 1 saturated heterocycles. The predicted octanol–water partition coefficient (Wildman–Crippen LogP) is 5.13. The molecule has 0 spiro atoms. The molecule has 2 aliphatic rings. The highest BCUT2D eigenvalue weighted by atomic mass is 16.5. The molecule has 0 aliphatic carbocycles. The van der Waals surface area contributed by atoms with E-state index in [9.17, 15) is 4.79 Å². The van der Waals surface area contributed by atoms with Crippen LogP contribution in [0.4, 0.5) is 11.4 Å². The number of ether oxygens (including phenoxy) is 1. The molecule has 1 atom stereocenters. The molecule has 1 fully saturated rings. The standard InChI is InChI=1S/C30H32N4O2/c1-22-13-15-25(16-14-22)34-23(2)27-11-7-8-12-28(27)31-30(34)24(3)32-17-19-33(20-18-32)29(35)21-36-26-9-5-4-6-10-26/h4-16,24H,2,17-21H2,1,3H3. The number of aliphatic imine (C=N–C) groups is 1. The fraction of sp³-hybridized carbons (Fsp3) is 0.267. The van der Waals surface area contributed by atoms with Crippen molar-refractivity contribution in [3.8, 4) is 5.75 Å². The first-order chi connectivity index (χ1) is 17.5. The first-order valence-electron chi connectivity index (χ1n) is 12.4. The molecule has 6 nitrogen and oxygen atoms in total. The van der Waals surface area contributed by atoms with E-state index in [2.05, 4.69) is 60.6 Å². The molecule has 3 aromatic rings. The van der Waals surface area contributed by atoms with Crippen molar-refractivity contribution in [2.45, 2.75) is 19.9 Å². The number of fused-ring (bicyclic) bond motifs is 1. The minimum absolute atomic E-state index is 0.0183. The Kier molecular flexibility index (Phi) is 6.87. The highest BCUT2D eigenvalue weighted by molar-refractivity contribution is 6.15. The van der Waals surface area contributed by atoms with Crippen molar-refractivity contribution in [1.29, 1.82) is 0 Å². The van der Waals surface area contributed by atoms with Crippen molar-refractivity contribution in [1.82, 2.24) is 9.80 Å². The fourth-order valence-corrected chi connectivity index (χ4v) is 4.78. The summed E-state index contributed by atoms with van der Waals surface area (Å²) in [6.45, 7) is 11.7. The number of piperazine rings is 1. The molecular formula is C30H32N4O2. The van der Waals surface area contributed by atoms with Gasteiger partial charge in [-0.3, -0.25) is 14.6 Å². The van der Waals surface area contributed by atoms with Crippen LogP contribution in [0.25, 0.3) is 5.70 Å². The van der Waals surface area contributed by atoms with Gasteiger partial charge in [-0.25, -0.2) is 4.99 Å². The number of rotatable bonds is 6. The summed E-state index contributed by atoms with van der Waals surface area (Å²) in [4.78, 5) is 24.3. The number of amidine groups is 1. The number of hydrogen-bond acceptors (Lipinski definition) is 5. The molecule has 36 heavy (non-hydrogen) atoms. The Bertz CT molecular complexity index is 1260. The average Bonchev–Trinajstić information content (AvgIpc) is 2.92. The maximum absolute atomic E-state index is 12.7. The van der Waals surface area contributed by atoms with E-state index in [4.69, 9.17) is 9.73 Å². The molecule has 6 heteroatoms. The van der Waals surface area contributed by atoms with E-state index in [1.165, 1.54) is 5.56 Å². The Balaban J connectivity index is 1.30. The number of nitrogens with zero attached hydrogens (tertiary/aromatic N) is 4. The Hall–Kier alpha value is -3.90. The van der Waals surface area contributed by atoms with E-state index in [-0.39, 0.29) is 18.6 Å². The number of hydrogen-bond donors (Lipinski definition) is 0. The van der Waals surface area contributed by atoms with E-state index >= 15 is 0 Å². The van der Waals surface area contributed by atoms with Crippen LogP contribution in [0.15, 0.2) is 90.4 Å². The summed E-state index contributed by atoms with van der Waals surface area (Å²) in [6.07, 6.45) is 0. The largest absolute Gasteiger partial charge is 0.484 e. The predicted molar refractivity (Wildman–Crippen MR) is 146 cm³/mol. The molecule has 0 saturated carbocycles. The van der Waals surface area contributed by atoms with Gasteiger partial charge in [-0.1, -0.05) is 60.7 Å². The average molecular weight is 481 g/mol. The van der Waals surface area contributed by atoms with Gasteiger partial charge >= 0.3 is 0 Å². The third kappa shape index (κ3) is 4.90. The van der Waals surface area contributed by atoms with Crippen LogP contribution in [-0.4, -0.2) is 60.4 Å². The summed E-state index contributed by atoms with van der Waals surface area (Å²) in [6, 6.07) is 26.2. The second-order valence-corrected chi connectivity index (χ2v) is 9.30. The summed E-state index contributed by atoms with van der Waals surface area (Å²) in [5, 5.41) is 0. The van der Waals surface area contributed by atoms with E-state index in [0.717, 1.165) is 41.6 Å². The van der Waals surface area contributed by atoms with Gasteiger partial charge < -0.3 is 9.64 Å². The molecule has 2 heterocycles. The third-order valence-electron chi connectivity index (χ3n) is 6.94. The van der Waals surface area contributed by atoms with Crippen molar-refractivity contribution < 1.29 is 9.53 Å². The van der Waals surface area contributed by atoms with Gasteiger partial charge in [0, 0.05) is 43.1 Å². The number of carbonyl (C=O) groups is 1. The number of anilines is 1. The summed E-state index contributed by atoms with van der Waals surface area (Å²) in [5.74, 6) is 1.68. The topological polar surface area (TPSA) is 48.4 Å². The molecular weight excluding hydrogens is 448 g/mol. The van der Waals surface area contributed by atoms with Crippen molar-refractivity contribution in [3.05, 3.63) is 96.6 Å². The van der Waals surface area contributed by atoms with Crippen LogP contribution >= 0.6 is 0 Å². The number of carbonyl (C=O) groups excluding carboxylic acids is 1. The first-order valence-corrected chi connectivity index (χ1v) is 12.4. The number of benzene rings is 3. The molecule has 1 unspecified atom stereocenters. The van der Waals surface area contributed by atoms with Gasteiger partial charge in [0.05, 0.1) is 11.7 Å². The van der Waals surface area contributed by atoms with Crippen molar-refractivity contribution in [3.63, 3.8) is 0 Å². The van der Waals surface area contributed by atoms with E-state index < -0.39 is 0 Å². The minimum Gasteiger partial charge on any atom is -0.484 e. The van der Waals surface area contributed by atoms with Crippen LogP contribution in [0.3, 0.4) is 0 Å². The van der Waals surface area contributed by atoms with Gasteiger partial charge in [0.15, 0.2) is 6.61 Å². The highest BCUT2D eigenvalue weighted by Gasteiger charge is 2.33. The van der Waals surface area contributed by atoms with E-state index in [1.807, 2.05) is 53.4 Å². The lowest BCUT2D eigenvalue weighted by molar-refractivity contribution is -0.135. The molecule has 2 aliphatic heterocycles. The van der Waals surface area contributed by atoms with Gasteiger partial charge in [0.1, 0.15) is 11.6 Å². The normalized spacial score (nSPS) is 16.8. The molecule has 1 amide bonds. The van der Waals surface area contributed by atoms with Crippen LogP contribution in [-0.2, 0) is 4.79 Å². The smallest absolute Gasteiger partial charge is 0.260 e. The zero-order valence-electron chi connectivity index (χ0n) is 20.9.